The van der Waals surface area contributed by atoms with Crippen LogP contribution in [0.15, 0.2) is 84.1 Å². The average molecular weight is 578 g/mol. The quantitative estimate of drug-likeness (QED) is 0.191. The molecule has 3 aromatic rings. The van der Waals surface area contributed by atoms with Crippen molar-refractivity contribution in [3.05, 3.63) is 95.3 Å². The molecule has 2 saturated heterocycles. The fourth-order valence-corrected chi connectivity index (χ4v) is 6.93. The second-order valence-electron chi connectivity index (χ2n) is 11.5. The fourth-order valence-electron chi connectivity index (χ4n) is 6.93. The van der Waals surface area contributed by atoms with Crippen molar-refractivity contribution in [3.8, 4) is 5.75 Å². The minimum Gasteiger partial charge on any atom is -0.508 e. The molecule has 3 heterocycles. The standard InChI is InChI=1S/C32H32B2N2O7/c1-19-14-25-30(32(39)36(31(25)38)23-8-5-7-22(17-23)34(41)42)26-18-33(40)43-28(29(19)26)12-11-21(27-10-2-3-13-35-27)15-20-6-4-9-24(37)16-20/h2-10,13,15-17,25-26,28,30,37,40-42H,11-12,14,18H2,1H3/b21-15-/t25-,26+,28-,30-/m1/s1. The molecule has 2 amide bonds. The number of imide groups is 1. The SMILES string of the molecule is CC1=C2[C@@H](CC/C(=C/c3cccc(O)c3)c3ccccn3)OB(O)C[C@@H]2[C@@H]2C(=O)N(c3cccc(B(O)O)c3)C(=O)[C@@H]2C1. The average Bonchev–Trinajstić information content (AvgIpc) is 3.24. The van der Waals surface area contributed by atoms with Crippen LogP contribution < -0.4 is 10.4 Å². The first-order valence-electron chi connectivity index (χ1n) is 14.5. The number of carbonyl (C=O) groups excluding carboxylic acids is 2. The topological polar surface area (TPSA) is 140 Å². The number of rotatable bonds is 7. The third kappa shape index (κ3) is 5.69. The van der Waals surface area contributed by atoms with Gasteiger partial charge in [-0.3, -0.25) is 19.5 Å². The first kappa shape index (κ1) is 29.1. The molecule has 0 unspecified atom stereocenters. The molecule has 9 nitrogen and oxygen atoms in total. The number of hydrogen-bond acceptors (Lipinski definition) is 8. The maximum absolute atomic E-state index is 13.9. The molecule has 0 saturated carbocycles. The van der Waals surface area contributed by atoms with Crippen LogP contribution in [0.1, 0.15) is 37.4 Å². The fraction of sp³-hybridized carbons (Fsp3) is 0.281. The maximum atomic E-state index is 13.9. The van der Waals surface area contributed by atoms with E-state index in [0.29, 0.717) is 24.9 Å². The van der Waals surface area contributed by atoms with E-state index in [1.54, 1.807) is 36.5 Å². The van der Waals surface area contributed by atoms with Crippen molar-refractivity contribution in [2.75, 3.05) is 4.90 Å². The first-order valence-corrected chi connectivity index (χ1v) is 14.5. The van der Waals surface area contributed by atoms with E-state index in [9.17, 15) is 29.8 Å². The number of aromatic nitrogens is 1. The zero-order chi connectivity index (χ0) is 30.2. The van der Waals surface area contributed by atoms with Crippen LogP contribution >= 0.6 is 0 Å². The number of pyridine rings is 1. The molecule has 4 atom stereocenters. The Morgan fingerprint density at radius 1 is 1.07 bits per heavy atom. The van der Waals surface area contributed by atoms with E-state index >= 15 is 0 Å². The van der Waals surface area contributed by atoms with Crippen LogP contribution in [0.3, 0.4) is 0 Å². The number of fused-ring (bicyclic) bond motifs is 3. The number of amides is 2. The molecule has 1 aliphatic carbocycles. The van der Waals surface area contributed by atoms with E-state index in [1.807, 2.05) is 37.3 Å². The first-order chi connectivity index (χ1) is 20.7. The molecule has 0 radical (unpaired) electrons. The van der Waals surface area contributed by atoms with Crippen molar-refractivity contribution >= 4 is 48.9 Å². The van der Waals surface area contributed by atoms with Crippen molar-refractivity contribution < 1.29 is 34.4 Å². The molecular formula is C32H32B2N2O7. The number of carbonyl (C=O) groups is 2. The molecule has 43 heavy (non-hydrogen) atoms. The van der Waals surface area contributed by atoms with Crippen molar-refractivity contribution in [1.29, 1.82) is 0 Å². The summed E-state index contributed by atoms with van der Waals surface area (Å²) in [6, 6.07) is 18.8. The zero-order valence-corrected chi connectivity index (χ0v) is 23.7. The lowest BCUT2D eigenvalue weighted by atomic mass is 9.58. The molecule has 1 aromatic heterocycles. The van der Waals surface area contributed by atoms with Gasteiger partial charge in [0.1, 0.15) is 5.75 Å². The Balaban J connectivity index is 1.29. The summed E-state index contributed by atoms with van der Waals surface area (Å²) in [4.78, 5) is 33.2. The Bertz CT molecular complexity index is 1610. The third-order valence-corrected chi connectivity index (χ3v) is 8.76. The largest absolute Gasteiger partial charge is 0.508 e. The molecule has 4 N–H and O–H groups in total. The van der Waals surface area contributed by atoms with Crippen LogP contribution in [-0.2, 0) is 14.2 Å². The monoisotopic (exact) mass is 578 g/mol. The van der Waals surface area contributed by atoms with Gasteiger partial charge in [-0.15, -0.1) is 0 Å². The zero-order valence-electron chi connectivity index (χ0n) is 23.7. The highest BCUT2D eigenvalue weighted by atomic mass is 16.5. The Kier molecular flexibility index (Phi) is 8.07. The van der Waals surface area contributed by atoms with E-state index < -0.39 is 32.2 Å². The minimum absolute atomic E-state index is 0.164. The van der Waals surface area contributed by atoms with Gasteiger partial charge in [-0.2, -0.15) is 0 Å². The number of allylic oxidation sites excluding steroid dienone is 2. The Labute approximate surface area is 250 Å². The number of benzene rings is 2. The van der Waals surface area contributed by atoms with Crippen LogP contribution in [0.4, 0.5) is 5.69 Å². The summed E-state index contributed by atoms with van der Waals surface area (Å²) in [6.07, 6.45) is 4.92. The number of nitrogens with zero attached hydrogens (tertiary/aromatic N) is 2. The van der Waals surface area contributed by atoms with Gasteiger partial charge in [-0.05, 0) is 103 Å². The number of phenols is 1. The lowest BCUT2D eigenvalue weighted by molar-refractivity contribution is -0.122. The van der Waals surface area contributed by atoms with Crippen molar-refractivity contribution in [1.82, 2.24) is 4.98 Å². The summed E-state index contributed by atoms with van der Waals surface area (Å²) < 4.78 is 6.09. The lowest BCUT2D eigenvalue weighted by Gasteiger charge is -2.42. The second-order valence-corrected chi connectivity index (χ2v) is 11.5. The minimum atomic E-state index is -1.73. The summed E-state index contributed by atoms with van der Waals surface area (Å²) in [5, 5.41) is 40.1. The smallest absolute Gasteiger partial charge is 0.488 e. The number of aromatic hydroxyl groups is 1. The highest BCUT2D eigenvalue weighted by Gasteiger charge is 2.57. The van der Waals surface area contributed by atoms with Gasteiger partial charge in [0.15, 0.2) is 0 Å². The normalized spacial score (nSPS) is 23.9. The molecule has 0 bridgehead atoms. The van der Waals surface area contributed by atoms with Gasteiger partial charge in [0.25, 0.3) is 0 Å². The highest BCUT2D eigenvalue weighted by molar-refractivity contribution is 6.58. The summed E-state index contributed by atoms with van der Waals surface area (Å²) in [7, 11) is -2.82. The molecule has 2 aliphatic heterocycles. The molecule has 218 valence electrons. The van der Waals surface area contributed by atoms with E-state index in [-0.39, 0.29) is 35.3 Å². The Hall–Kier alpha value is -4.02. The molecule has 0 spiro atoms. The summed E-state index contributed by atoms with van der Waals surface area (Å²) in [5.41, 5.74) is 4.99. The number of anilines is 1. The van der Waals surface area contributed by atoms with Crippen LogP contribution in [0.25, 0.3) is 11.6 Å². The summed E-state index contributed by atoms with van der Waals surface area (Å²) >= 11 is 0. The predicted octanol–water partition coefficient (Wildman–Crippen LogP) is 2.81. The van der Waals surface area contributed by atoms with Crippen LogP contribution in [-0.4, -0.2) is 57.3 Å². The molecule has 11 heteroatoms. The maximum Gasteiger partial charge on any atom is 0.488 e. The van der Waals surface area contributed by atoms with E-state index in [0.717, 1.165) is 32.9 Å². The molecular weight excluding hydrogens is 546 g/mol. The van der Waals surface area contributed by atoms with Crippen molar-refractivity contribution in [3.63, 3.8) is 0 Å². The number of phenolic OH excluding ortho intramolecular Hbond substituents is 1. The van der Waals surface area contributed by atoms with Crippen molar-refractivity contribution in [2.45, 2.75) is 38.6 Å². The van der Waals surface area contributed by atoms with Crippen LogP contribution in [0, 0.1) is 17.8 Å². The van der Waals surface area contributed by atoms with E-state index in [2.05, 4.69) is 4.98 Å². The summed E-state index contributed by atoms with van der Waals surface area (Å²) in [5.74, 6) is -2.08. The second kappa shape index (κ2) is 11.9. The van der Waals surface area contributed by atoms with Gasteiger partial charge in [-0.1, -0.05) is 35.9 Å². The number of hydrogen-bond donors (Lipinski definition) is 4. The van der Waals surface area contributed by atoms with Gasteiger partial charge >= 0.3 is 14.2 Å². The highest BCUT2D eigenvalue weighted by Crippen LogP contribution is 2.51. The van der Waals surface area contributed by atoms with E-state index in [4.69, 9.17) is 4.65 Å². The molecule has 3 aliphatic rings. The van der Waals surface area contributed by atoms with E-state index in [1.165, 1.54) is 12.1 Å². The predicted molar refractivity (Wildman–Crippen MR) is 164 cm³/mol. The van der Waals surface area contributed by atoms with Gasteiger partial charge < -0.3 is 24.8 Å². The van der Waals surface area contributed by atoms with Gasteiger partial charge in [0.2, 0.25) is 11.8 Å². The van der Waals surface area contributed by atoms with Crippen molar-refractivity contribution in [2.24, 2.45) is 17.8 Å². The van der Waals surface area contributed by atoms with Crippen LogP contribution in [0.5, 0.6) is 5.75 Å². The Morgan fingerprint density at radius 2 is 1.88 bits per heavy atom. The molecule has 2 fully saturated rings. The van der Waals surface area contributed by atoms with Gasteiger partial charge in [0.05, 0.1) is 29.3 Å². The van der Waals surface area contributed by atoms with Gasteiger partial charge in [-0.25, -0.2) is 0 Å². The van der Waals surface area contributed by atoms with Crippen LogP contribution in [0.2, 0.25) is 6.32 Å². The third-order valence-electron chi connectivity index (χ3n) is 8.76. The summed E-state index contributed by atoms with van der Waals surface area (Å²) in [6.45, 7) is 1.97. The van der Waals surface area contributed by atoms with Gasteiger partial charge in [0, 0.05) is 6.20 Å². The lowest BCUT2D eigenvalue weighted by Crippen LogP contribution is -2.46. The molecule has 2 aromatic carbocycles. The molecule has 6 rings (SSSR count). The Morgan fingerprint density at radius 3 is 2.63 bits per heavy atom.